The van der Waals surface area contributed by atoms with Crippen molar-refractivity contribution in [2.75, 3.05) is 18.9 Å². The Morgan fingerprint density at radius 2 is 1.88 bits per heavy atom. The van der Waals surface area contributed by atoms with Gasteiger partial charge in [-0.2, -0.15) is 23.1 Å². The lowest BCUT2D eigenvalue weighted by Gasteiger charge is -2.13. The first-order valence-electron chi connectivity index (χ1n) is 8.96. The fourth-order valence-corrected chi connectivity index (χ4v) is 4.14. The molecule has 0 spiro atoms. The van der Waals surface area contributed by atoms with Crippen molar-refractivity contribution >= 4 is 39.4 Å². The molecule has 0 aliphatic heterocycles. The molecule has 3 heterocycles. The molecule has 0 amide bonds. The predicted octanol–water partition coefficient (Wildman–Crippen LogP) is 3.69. The molecule has 0 aliphatic rings. The number of alkyl halides is 2. The molecule has 0 saturated heterocycles. The molecule has 3 aromatic heterocycles. The van der Waals surface area contributed by atoms with Gasteiger partial charge in [0.25, 0.3) is 11.8 Å². The molecule has 0 radical (unpaired) electrons. The molecular formula is C18H14ClF3N6O4S. The number of halogens is 4. The SMILES string of the molecule is COc1nc(NS(=O)c2c[nH]c3c(-n4ccc(F)n4)c(Cl)ccc23)nc(OC)c1OC(F)F. The van der Waals surface area contributed by atoms with Crippen molar-refractivity contribution in [3.05, 3.63) is 41.6 Å². The Kier molecular flexibility index (Phi) is 6.29. The highest BCUT2D eigenvalue weighted by Gasteiger charge is 2.23. The van der Waals surface area contributed by atoms with E-state index in [1.165, 1.54) is 31.3 Å². The number of H-pyrrole nitrogens is 1. The minimum absolute atomic E-state index is 0.235. The molecular weight excluding hydrogens is 489 g/mol. The van der Waals surface area contributed by atoms with E-state index < -0.39 is 29.3 Å². The number of nitrogens with one attached hydrogen (secondary N) is 2. The van der Waals surface area contributed by atoms with Crippen LogP contribution in [-0.2, 0) is 11.0 Å². The van der Waals surface area contributed by atoms with Crippen LogP contribution < -0.4 is 18.9 Å². The molecule has 4 aromatic rings. The van der Waals surface area contributed by atoms with Crippen LogP contribution in [-0.4, -0.2) is 49.8 Å². The number of rotatable bonds is 8. The Labute approximate surface area is 191 Å². The van der Waals surface area contributed by atoms with Gasteiger partial charge in [-0.15, -0.1) is 5.10 Å². The van der Waals surface area contributed by atoms with E-state index in [0.717, 1.165) is 6.07 Å². The van der Waals surface area contributed by atoms with Crippen LogP contribution in [0.25, 0.3) is 16.6 Å². The maximum Gasteiger partial charge on any atom is 0.387 e. The molecule has 0 fully saturated rings. The zero-order valence-electron chi connectivity index (χ0n) is 16.8. The van der Waals surface area contributed by atoms with Crippen LogP contribution in [0, 0.1) is 5.95 Å². The summed E-state index contributed by atoms with van der Waals surface area (Å²) in [6.45, 7) is -3.17. The van der Waals surface area contributed by atoms with E-state index in [2.05, 4.69) is 29.5 Å². The fraction of sp³-hybridized carbons (Fsp3) is 0.167. The van der Waals surface area contributed by atoms with E-state index in [0.29, 0.717) is 16.6 Å². The van der Waals surface area contributed by atoms with Crippen LogP contribution in [0.2, 0.25) is 5.02 Å². The second kappa shape index (κ2) is 9.15. The Hall–Kier alpha value is -3.52. The normalized spacial score (nSPS) is 12.2. The van der Waals surface area contributed by atoms with Crippen LogP contribution >= 0.6 is 11.6 Å². The second-order valence-electron chi connectivity index (χ2n) is 6.20. The minimum atomic E-state index is -3.17. The number of fused-ring (bicyclic) bond motifs is 1. The third-order valence-corrected chi connectivity index (χ3v) is 5.72. The molecule has 0 bridgehead atoms. The van der Waals surface area contributed by atoms with Gasteiger partial charge in [-0.25, -0.2) is 8.89 Å². The van der Waals surface area contributed by atoms with Gasteiger partial charge in [-0.3, -0.25) is 4.72 Å². The molecule has 33 heavy (non-hydrogen) atoms. The number of anilines is 1. The van der Waals surface area contributed by atoms with Gasteiger partial charge in [0.1, 0.15) is 5.69 Å². The number of aromatic amines is 1. The quantitative estimate of drug-likeness (QED) is 0.377. The van der Waals surface area contributed by atoms with Crippen molar-refractivity contribution < 1.29 is 31.6 Å². The summed E-state index contributed by atoms with van der Waals surface area (Å²) >= 11 is 6.28. The maximum absolute atomic E-state index is 13.4. The largest absolute Gasteiger partial charge is 0.478 e. The highest BCUT2D eigenvalue weighted by atomic mass is 35.5. The average molecular weight is 503 g/mol. The third kappa shape index (κ3) is 4.39. The number of ether oxygens (including phenoxy) is 3. The molecule has 2 N–H and O–H groups in total. The van der Waals surface area contributed by atoms with Crippen LogP contribution in [0.4, 0.5) is 19.1 Å². The summed E-state index contributed by atoms with van der Waals surface area (Å²) < 4.78 is 69.9. The summed E-state index contributed by atoms with van der Waals surface area (Å²) in [4.78, 5) is 11.0. The van der Waals surface area contributed by atoms with Crippen molar-refractivity contribution in [1.82, 2.24) is 24.7 Å². The maximum atomic E-state index is 13.4. The standard InChI is InChI=1S/C18H14ClF3N6O4S/c1-30-15-14(32-17(21)22)16(31-2)25-18(24-15)27-33(29)10-7-23-12-8(10)3-4-9(19)13(12)28-6-5-11(20)26-28/h3-7,17,23H,1-2H3,(H,24,25,27). The van der Waals surface area contributed by atoms with E-state index in [-0.39, 0.29) is 27.6 Å². The van der Waals surface area contributed by atoms with Crippen LogP contribution in [0.15, 0.2) is 35.5 Å². The number of methoxy groups -OCH3 is 2. The Balaban J connectivity index is 1.70. The number of aromatic nitrogens is 5. The third-order valence-electron chi connectivity index (χ3n) is 4.31. The Morgan fingerprint density at radius 1 is 1.18 bits per heavy atom. The monoisotopic (exact) mass is 502 g/mol. The lowest BCUT2D eigenvalue weighted by molar-refractivity contribution is -0.0533. The molecule has 1 unspecified atom stereocenters. The van der Waals surface area contributed by atoms with E-state index in [1.54, 1.807) is 12.1 Å². The molecule has 174 valence electrons. The lowest BCUT2D eigenvalue weighted by atomic mass is 10.2. The first-order chi connectivity index (χ1) is 15.8. The second-order valence-corrected chi connectivity index (χ2v) is 7.79. The highest BCUT2D eigenvalue weighted by Crippen LogP contribution is 2.37. The van der Waals surface area contributed by atoms with Gasteiger partial charge in [0.05, 0.1) is 29.7 Å². The van der Waals surface area contributed by atoms with Crippen LogP contribution in [0.1, 0.15) is 0 Å². The molecule has 1 aromatic carbocycles. The van der Waals surface area contributed by atoms with Crippen molar-refractivity contribution in [3.63, 3.8) is 0 Å². The minimum Gasteiger partial charge on any atom is -0.478 e. The number of hydrogen-bond donors (Lipinski definition) is 2. The van der Waals surface area contributed by atoms with Gasteiger partial charge in [-0.05, 0) is 12.1 Å². The van der Waals surface area contributed by atoms with Crippen molar-refractivity contribution in [3.8, 4) is 23.2 Å². The van der Waals surface area contributed by atoms with Crippen molar-refractivity contribution in [2.24, 2.45) is 0 Å². The van der Waals surface area contributed by atoms with Gasteiger partial charge >= 0.3 is 6.61 Å². The fourth-order valence-electron chi connectivity index (χ4n) is 3.00. The van der Waals surface area contributed by atoms with Crippen LogP contribution in [0.5, 0.6) is 17.5 Å². The first kappa shape index (κ1) is 22.7. The van der Waals surface area contributed by atoms with Gasteiger partial charge in [0.2, 0.25) is 17.6 Å². The lowest BCUT2D eigenvalue weighted by Crippen LogP contribution is -2.12. The molecule has 1 atom stereocenters. The number of nitrogens with zero attached hydrogens (tertiary/aromatic N) is 4. The average Bonchev–Trinajstić information content (AvgIpc) is 3.40. The van der Waals surface area contributed by atoms with E-state index in [1.807, 2.05) is 0 Å². The van der Waals surface area contributed by atoms with Gasteiger partial charge < -0.3 is 19.2 Å². The number of hydrogen-bond acceptors (Lipinski definition) is 7. The van der Waals surface area contributed by atoms with Crippen LogP contribution in [0.3, 0.4) is 0 Å². The summed E-state index contributed by atoms with van der Waals surface area (Å²) in [6, 6.07) is 4.33. The topological polar surface area (TPSA) is 116 Å². The summed E-state index contributed by atoms with van der Waals surface area (Å²) in [5.41, 5.74) is 0.807. The number of benzene rings is 1. The van der Waals surface area contributed by atoms with Gasteiger partial charge in [-0.1, -0.05) is 11.6 Å². The molecule has 0 saturated carbocycles. The van der Waals surface area contributed by atoms with E-state index in [4.69, 9.17) is 21.1 Å². The van der Waals surface area contributed by atoms with Gasteiger partial charge in [0.15, 0.2) is 11.0 Å². The molecule has 0 aliphatic carbocycles. The van der Waals surface area contributed by atoms with Crippen molar-refractivity contribution in [1.29, 1.82) is 0 Å². The summed E-state index contributed by atoms with van der Waals surface area (Å²) in [5, 5.41) is 4.50. The zero-order chi connectivity index (χ0) is 23.7. The van der Waals surface area contributed by atoms with E-state index in [9.17, 15) is 17.4 Å². The first-order valence-corrected chi connectivity index (χ1v) is 10.5. The smallest absolute Gasteiger partial charge is 0.387 e. The Morgan fingerprint density at radius 3 is 2.45 bits per heavy atom. The summed E-state index contributed by atoms with van der Waals surface area (Å²) in [7, 11) is 0.434. The predicted molar refractivity (Wildman–Crippen MR) is 112 cm³/mol. The van der Waals surface area contributed by atoms with Crippen molar-refractivity contribution in [2.45, 2.75) is 11.5 Å². The Bertz CT molecular complexity index is 1320. The highest BCUT2D eigenvalue weighted by molar-refractivity contribution is 7.86. The molecule has 4 rings (SSSR count). The summed E-state index contributed by atoms with van der Waals surface area (Å²) in [6.07, 6.45) is 2.84. The molecule has 15 heteroatoms. The summed E-state index contributed by atoms with van der Waals surface area (Å²) in [5.74, 6) is -2.14. The molecule has 10 nitrogen and oxygen atoms in total. The van der Waals surface area contributed by atoms with Gasteiger partial charge in [0, 0.05) is 23.8 Å². The van der Waals surface area contributed by atoms with E-state index >= 15 is 0 Å². The zero-order valence-corrected chi connectivity index (χ0v) is 18.4.